The van der Waals surface area contributed by atoms with E-state index in [-0.39, 0.29) is 12.5 Å². The largest absolute Gasteiger partial charge is 0.305 e. The summed E-state index contributed by atoms with van der Waals surface area (Å²) in [6.45, 7) is 6.66. The number of hydrogen-bond donors (Lipinski definition) is 2. The molecule has 1 amide bonds. The third kappa shape index (κ3) is 7.02. The van der Waals surface area contributed by atoms with Crippen molar-refractivity contribution in [1.82, 2.24) is 10.8 Å². The van der Waals surface area contributed by atoms with Crippen LogP contribution in [0.5, 0.6) is 0 Å². The van der Waals surface area contributed by atoms with Crippen LogP contribution in [0, 0.1) is 0 Å². The average Bonchev–Trinajstić information content (AvgIpc) is 2.01. The third-order valence-electron chi connectivity index (χ3n) is 0.905. The van der Waals surface area contributed by atoms with E-state index >= 15 is 0 Å². The summed E-state index contributed by atoms with van der Waals surface area (Å²) in [4.78, 5) is 15.4. The Morgan fingerprint density at radius 2 is 2.45 bits per heavy atom. The first kappa shape index (κ1) is 10.1. The SMILES string of the molecule is C=CCNCC(=O)NOCC. The van der Waals surface area contributed by atoms with Gasteiger partial charge in [-0.15, -0.1) is 6.58 Å². The highest BCUT2D eigenvalue weighted by molar-refractivity contribution is 5.76. The second kappa shape index (κ2) is 7.24. The molecule has 0 aliphatic heterocycles. The normalized spacial score (nSPS) is 9.18. The van der Waals surface area contributed by atoms with Gasteiger partial charge in [-0.25, -0.2) is 5.48 Å². The standard InChI is InChI=1S/C7H14N2O2/c1-3-5-8-6-7(10)9-11-4-2/h3,8H,1,4-6H2,2H3,(H,9,10). The Morgan fingerprint density at radius 1 is 1.73 bits per heavy atom. The number of hydroxylamine groups is 1. The van der Waals surface area contributed by atoms with Gasteiger partial charge < -0.3 is 5.32 Å². The van der Waals surface area contributed by atoms with Gasteiger partial charge in [0, 0.05) is 6.54 Å². The lowest BCUT2D eigenvalue weighted by molar-refractivity contribution is -0.132. The van der Waals surface area contributed by atoms with Gasteiger partial charge in [0.15, 0.2) is 0 Å². The molecular formula is C7H14N2O2. The predicted octanol–water partition coefficient (Wildman–Crippen LogP) is -0.170. The van der Waals surface area contributed by atoms with Crippen LogP contribution in [0.4, 0.5) is 0 Å². The molecule has 4 nitrogen and oxygen atoms in total. The fourth-order valence-electron chi connectivity index (χ4n) is 0.477. The van der Waals surface area contributed by atoms with Gasteiger partial charge in [-0.05, 0) is 6.92 Å². The zero-order valence-electron chi connectivity index (χ0n) is 6.72. The summed E-state index contributed by atoms with van der Waals surface area (Å²) in [5.41, 5.74) is 2.26. The Labute approximate surface area is 66.6 Å². The fourth-order valence-corrected chi connectivity index (χ4v) is 0.477. The average molecular weight is 158 g/mol. The van der Waals surface area contributed by atoms with E-state index in [1.165, 1.54) is 0 Å². The van der Waals surface area contributed by atoms with Crippen LogP contribution in [0.1, 0.15) is 6.92 Å². The maximum atomic E-state index is 10.7. The van der Waals surface area contributed by atoms with Crippen LogP contribution in [-0.2, 0) is 9.63 Å². The number of carbonyl (C=O) groups is 1. The fraction of sp³-hybridized carbons (Fsp3) is 0.571. The first-order chi connectivity index (χ1) is 5.31. The van der Waals surface area contributed by atoms with Crippen LogP contribution in [-0.4, -0.2) is 25.6 Å². The van der Waals surface area contributed by atoms with Gasteiger partial charge in [0.05, 0.1) is 13.2 Å². The number of rotatable bonds is 6. The monoisotopic (exact) mass is 158 g/mol. The van der Waals surface area contributed by atoms with Gasteiger partial charge in [-0.3, -0.25) is 9.63 Å². The van der Waals surface area contributed by atoms with Crippen LogP contribution >= 0.6 is 0 Å². The van der Waals surface area contributed by atoms with Crippen LogP contribution in [0.25, 0.3) is 0 Å². The smallest absolute Gasteiger partial charge is 0.257 e. The van der Waals surface area contributed by atoms with Gasteiger partial charge >= 0.3 is 0 Å². The molecule has 0 bridgehead atoms. The summed E-state index contributed by atoms with van der Waals surface area (Å²) in [6, 6.07) is 0. The second-order valence-corrected chi connectivity index (χ2v) is 1.88. The molecule has 0 rings (SSSR count). The molecule has 0 atom stereocenters. The molecule has 64 valence electrons. The topological polar surface area (TPSA) is 50.4 Å². The molecule has 0 saturated heterocycles. The molecule has 0 unspecified atom stereocenters. The molecular weight excluding hydrogens is 144 g/mol. The van der Waals surface area contributed by atoms with E-state index in [0.29, 0.717) is 13.2 Å². The van der Waals surface area contributed by atoms with Gasteiger partial charge in [-0.1, -0.05) is 6.08 Å². The molecule has 4 heteroatoms. The highest BCUT2D eigenvalue weighted by atomic mass is 16.6. The summed E-state index contributed by atoms with van der Waals surface area (Å²) in [6.07, 6.45) is 1.69. The number of nitrogens with one attached hydrogen (secondary N) is 2. The van der Waals surface area contributed by atoms with Crippen molar-refractivity contribution < 1.29 is 9.63 Å². The van der Waals surface area contributed by atoms with E-state index in [1.54, 1.807) is 13.0 Å². The highest BCUT2D eigenvalue weighted by Gasteiger charge is 1.96. The lowest BCUT2D eigenvalue weighted by Crippen LogP contribution is -2.33. The van der Waals surface area contributed by atoms with Crippen molar-refractivity contribution in [2.75, 3.05) is 19.7 Å². The molecule has 11 heavy (non-hydrogen) atoms. The van der Waals surface area contributed by atoms with E-state index in [1.807, 2.05) is 0 Å². The van der Waals surface area contributed by atoms with Crippen LogP contribution < -0.4 is 10.8 Å². The molecule has 0 spiro atoms. The Balaban J connectivity index is 3.15. The Bertz CT molecular complexity index is 126. The van der Waals surface area contributed by atoms with Crippen LogP contribution in [0.2, 0.25) is 0 Å². The maximum Gasteiger partial charge on any atom is 0.257 e. The van der Waals surface area contributed by atoms with Crippen molar-refractivity contribution in [3.8, 4) is 0 Å². The molecule has 0 saturated carbocycles. The quantitative estimate of drug-likeness (QED) is 0.320. The van der Waals surface area contributed by atoms with Crippen molar-refractivity contribution in [2.24, 2.45) is 0 Å². The third-order valence-corrected chi connectivity index (χ3v) is 0.905. The molecule has 0 aliphatic rings. The van der Waals surface area contributed by atoms with Crippen molar-refractivity contribution in [3.05, 3.63) is 12.7 Å². The summed E-state index contributed by atoms with van der Waals surface area (Å²) in [5.74, 6) is -0.172. The van der Waals surface area contributed by atoms with E-state index in [0.717, 1.165) is 0 Å². The minimum Gasteiger partial charge on any atom is -0.305 e. The van der Waals surface area contributed by atoms with E-state index in [2.05, 4.69) is 22.2 Å². The highest BCUT2D eigenvalue weighted by Crippen LogP contribution is 1.67. The summed E-state index contributed by atoms with van der Waals surface area (Å²) in [5, 5.41) is 2.83. The number of carbonyl (C=O) groups excluding carboxylic acids is 1. The summed E-state index contributed by atoms with van der Waals surface area (Å²) < 4.78 is 0. The lowest BCUT2D eigenvalue weighted by atomic mass is 10.5. The molecule has 0 fully saturated rings. The minimum atomic E-state index is -0.172. The van der Waals surface area contributed by atoms with E-state index in [9.17, 15) is 4.79 Å². The van der Waals surface area contributed by atoms with Crippen molar-refractivity contribution in [2.45, 2.75) is 6.92 Å². The Hall–Kier alpha value is -0.870. The lowest BCUT2D eigenvalue weighted by Gasteiger charge is -2.02. The second-order valence-electron chi connectivity index (χ2n) is 1.88. The summed E-state index contributed by atoms with van der Waals surface area (Å²) in [7, 11) is 0. The van der Waals surface area contributed by atoms with Gasteiger partial charge in [0.25, 0.3) is 5.91 Å². The summed E-state index contributed by atoms with van der Waals surface area (Å²) >= 11 is 0. The molecule has 0 aromatic rings. The first-order valence-corrected chi connectivity index (χ1v) is 3.53. The zero-order chi connectivity index (χ0) is 8.53. The van der Waals surface area contributed by atoms with Crippen LogP contribution in [0.15, 0.2) is 12.7 Å². The number of hydrogen-bond acceptors (Lipinski definition) is 3. The molecule has 0 aliphatic carbocycles. The van der Waals surface area contributed by atoms with Gasteiger partial charge in [0.1, 0.15) is 0 Å². The van der Waals surface area contributed by atoms with Crippen molar-refractivity contribution in [1.29, 1.82) is 0 Å². The Morgan fingerprint density at radius 3 is 3.00 bits per heavy atom. The predicted molar refractivity (Wildman–Crippen MR) is 42.8 cm³/mol. The first-order valence-electron chi connectivity index (χ1n) is 3.53. The van der Waals surface area contributed by atoms with Crippen molar-refractivity contribution >= 4 is 5.91 Å². The molecule has 0 aromatic carbocycles. The maximum absolute atomic E-state index is 10.7. The molecule has 0 radical (unpaired) electrons. The van der Waals surface area contributed by atoms with E-state index < -0.39 is 0 Å². The van der Waals surface area contributed by atoms with Gasteiger partial charge in [-0.2, -0.15) is 0 Å². The zero-order valence-corrected chi connectivity index (χ0v) is 6.72. The van der Waals surface area contributed by atoms with E-state index in [4.69, 9.17) is 0 Å². The minimum absolute atomic E-state index is 0.172. The Kier molecular flexibility index (Phi) is 6.67. The molecule has 0 aromatic heterocycles. The van der Waals surface area contributed by atoms with Crippen molar-refractivity contribution in [3.63, 3.8) is 0 Å². The van der Waals surface area contributed by atoms with Crippen LogP contribution in [0.3, 0.4) is 0 Å². The molecule has 2 N–H and O–H groups in total. The molecule has 0 heterocycles. The van der Waals surface area contributed by atoms with Gasteiger partial charge in [0.2, 0.25) is 0 Å². The number of amides is 1.